The van der Waals surface area contributed by atoms with Crippen molar-refractivity contribution < 1.29 is 4.79 Å². The van der Waals surface area contributed by atoms with Gasteiger partial charge in [-0.25, -0.2) is 4.98 Å². The van der Waals surface area contributed by atoms with Gasteiger partial charge in [0.1, 0.15) is 12.4 Å². The first-order valence-electron chi connectivity index (χ1n) is 9.00. The van der Waals surface area contributed by atoms with E-state index in [-0.39, 0.29) is 11.9 Å². The van der Waals surface area contributed by atoms with Crippen molar-refractivity contribution in [3.8, 4) is 0 Å². The van der Waals surface area contributed by atoms with Gasteiger partial charge in [-0.2, -0.15) is 0 Å². The number of hydrogen-bond donors (Lipinski definition) is 1. The quantitative estimate of drug-likeness (QED) is 0.792. The molecule has 0 bridgehead atoms. The van der Waals surface area contributed by atoms with E-state index in [2.05, 4.69) is 21.7 Å². The molecule has 0 saturated carbocycles. The maximum atomic E-state index is 13.0. The minimum atomic E-state index is 0.0461. The van der Waals surface area contributed by atoms with E-state index in [1.165, 1.54) is 0 Å². The molecule has 1 saturated heterocycles. The number of fused-ring (bicyclic) bond motifs is 1. The van der Waals surface area contributed by atoms with Gasteiger partial charge in [-0.15, -0.1) is 0 Å². The predicted molar refractivity (Wildman–Crippen MR) is 98.3 cm³/mol. The molecule has 1 atom stereocenters. The molecule has 0 unspecified atom stereocenters. The number of rotatable bonds is 3. The van der Waals surface area contributed by atoms with Crippen LogP contribution in [0.15, 0.2) is 36.4 Å². The van der Waals surface area contributed by atoms with Gasteiger partial charge in [0, 0.05) is 17.9 Å². The van der Waals surface area contributed by atoms with Crippen molar-refractivity contribution >= 4 is 16.9 Å². The zero-order chi connectivity index (χ0) is 17.4. The van der Waals surface area contributed by atoms with Crippen molar-refractivity contribution in [3.63, 3.8) is 0 Å². The molecule has 0 aliphatic carbocycles. The van der Waals surface area contributed by atoms with Crippen molar-refractivity contribution in [3.05, 3.63) is 53.6 Å². The maximum Gasteiger partial charge on any atom is 0.243 e. The Bertz CT molecular complexity index is 855. The molecule has 1 N–H and O–H groups in total. The summed E-state index contributed by atoms with van der Waals surface area (Å²) in [4.78, 5) is 23.2. The predicted octanol–water partition coefficient (Wildman–Crippen LogP) is 3.74. The summed E-state index contributed by atoms with van der Waals surface area (Å²) in [6, 6.07) is 12.2. The van der Waals surface area contributed by atoms with Gasteiger partial charge in [-0.3, -0.25) is 4.79 Å². The van der Waals surface area contributed by atoms with Crippen LogP contribution in [0.1, 0.15) is 42.5 Å². The number of aromatic amines is 1. The monoisotopic (exact) mass is 336 g/mol. The molecular weight excluding hydrogens is 312 g/mol. The fraction of sp³-hybridized carbons (Fsp3) is 0.400. The van der Waals surface area contributed by atoms with Gasteiger partial charge in [0.25, 0.3) is 0 Å². The Morgan fingerprint density at radius 2 is 1.92 bits per heavy atom. The van der Waals surface area contributed by atoms with Crippen LogP contribution in [0.4, 0.5) is 0 Å². The van der Waals surface area contributed by atoms with Gasteiger partial charge in [0.05, 0.1) is 17.1 Å². The Kier molecular flexibility index (Phi) is 4.07. The normalized spacial score (nSPS) is 18.0. The number of aromatic nitrogens is 3. The summed E-state index contributed by atoms with van der Waals surface area (Å²) >= 11 is 0. The van der Waals surface area contributed by atoms with Gasteiger partial charge >= 0.3 is 0 Å². The average Bonchev–Trinajstić information content (AvgIpc) is 3.20. The lowest BCUT2D eigenvalue weighted by atomic mass is 10.0. The van der Waals surface area contributed by atoms with Crippen LogP contribution in [-0.4, -0.2) is 31.9 Å². The van der Waals surface area contributed by atoms with Gasteiger partial charge in [-0.1, -0.05) is 12.1 Å². The second-order valence-electron chi connectivity index (χ2n) is 6.94. The van der Waals surface area contributed by atoms with Crippen LogP contribution < -0.4 is 0 Å². The number of hydrogen-bond acceptors (Lipinski definition) is 2. The highest BCUT2D eigenvalue weighted by molar-refractivity contribution is 5.78. The standard InChI is InChI=1S/C20H24N4O/c1-14-10-11-15(2)24(14)13-19(25)23-12-6-5-9-18(23)20-21-16-7-3-4-8-17(16)22-20/h3-4,7-8,10-11,18H,5-6,9,12-13H2,1-2H3,(H,21,22)/t18-/m1/s1. The first kappa shape index (κ1) is 15.9. The molecule has 5 heteroatoms. The second kappa shape index (κ2) is 6.39. The smallest absolute Gasteiger partial charge is 0.243 e. The summed E-state index contributed by atoms with van der Waals surface area (Å²) in [5.74, 6) is 1.09. The summed E-state index contributed by atoms with van der Waals surface area (Å²) in [7, 11) is 0. The largest absolute Gasteiger partial charge is 0.340 e. The van der Waals surface area contributed by atoms with Crippen molar-refractivity contribution in [1.29, 1.82) is 0 Å². The van der Waals surface area contributed by atoms with E-state index in [9.17, 15) is 4.79 Å². The molecule has 4 rings (SSSR count). The van der Waals surface area contributed by atoms with Gasteiger partial charge in [0.15, 0.2) is 0 Å². The third-order valence-corrected chi connectivity index (χ3v) is 5.26. The van der Waals surface area contributed by atoms with E-state index in [1.54, 1.807) is 0 Å². The Morgan fingerprint density at radius 3 is 2.68 bits per heavy atom. The first-order chi connectivity index (χ1) is 12.1. The fourth-order valence-corrected chi connectivity index (χ4v) is 3.82. The zero-order valence-electron chi connectivity index (χ0n) is 14.8. The number of H-pyrrole nitrogens is 1. The summed E-state index contributed by atoms with van der Waals surface area (Å²) in [5, 5.41) is 0. The number of benzene rings is 1. The molecule has 3 aromatic rings. The van der Waals surface area contributed by atoms with Crippen molar-refractivity contribution in [1.82, 2.24) is 19.4 Å². The zero-order valence-corrected chi connectivity index (χ0v) is 14.8. The highest BCUT2D eigenvalue weighted by Gasteiger charge is 2.30. The average molecular weight is 336 g/mol. The number of carbonyl (C=O) groups excluding carboxylic acids is 1. The number of nitrogens with zero attached hydrogens (tertiary/aromatic N) is 3. The molecule has 1 aliphatic rings. The van der Waals surface area contributed by atoms with Crippen LogP contribution >= 0.6 is 0 Å². The van der Waals surface area contributed by atoms with Crippen molar-refractivity contribution in [2.24, 2.45) is 0 Å². The maximum absolute atomic E-state index is 13.0. The number of aryl methyl sites for hydroxylation is 2. The van der Waals surface area contributed by atoms with E-state index in [0.29, 0.717) is 6.54 Å². The van der Waals surface area contributed by atoms with Crippen LogP contribution in [0.5, 0.6) is 0 Å². The van der Waals surface area contributed by atoms with Crippen LogP contribution in [0.2, 0.25) is 0 Å². The first-order valence-corrected chi connectivity index (χ1v) is 9.00. The SMILES string of the molecule is Cc1ccc(C)n1CC(=O)N1CCCC[C@@H]1c1nc2ccccc2[nH]1. The molecule has 5 nitrogen and oxygen atoms in total. The van der Waals surface area contributed by atoms with E-state index in [1.807, 2.05) is 43.0 Å². The number of amides is 1. The van der Waals surface area contributed by atoms with Gasteiger partial charge in [0.2, 0.25) is 5.91 Å². The molecule has 1 amide bonds. The van der Waals surface area contributed by atoms with Crippen LogP contribution in [0.3, 0.4) is 0 Å². The molecule has 1 fully saturated rings. The highest BCUT2D eigenvalue weighted by atomic mass is 16.2. The molecule has 2 aromatic heterocycles. The molecule has 0 spiro atoms. The van der Waals surface area contributed by atoms with Crippen molar-refractivity contribution in [2.75, 3.05) is 6.54 Å². The fourth-order valence-electron chi connectivity index (χ4n) is 3.82. The molecular formula is C20H24N4O. The number of piperidine rings is 1. The Labute approximate surface area is 147 Å². The number of carbonyl (C=O) groups is 1. The minimum Gasteiger partial charge on any atom is -0.340 e. The Hall–Kier alpha value is -2.56. The van der Waals surface area contributed by atoms with E-state index >= 15 is 0 Å². The summed E-state index contributed by atoms with van der Waals surface area (Å²) in [6.45, 7) is 5.31. The number of likely N-dealkylation sites (tertiary alicyclic amines) is 1. The third kappa shape index (κ3) is 2.95. The van der Waals surface area contributed by atoms with E-state index in [0.717, 1.165) is 54.1 Å². The lowest BCUT2D eigenvalue weighted by molar-refractivity contribution is -0.136. The number of imidazole rings is 1. The second-order valence-corrected chi connectivity index (χ2v) is 6.94. The van der Waals surface area contributed by atoms with Gasteiger partial charge < -0.3 is 14.5 Å². The molecule has 130 valence electrons. The summed E-state index contributed by atoms with van der Waals surface area (Å²) < 4.78 is 2.09. The molecule has 1 aliphatic heterocycles. The molecule has 0 radical (unpaired) electrons. The molecule has 1 aromatic carbocycles. The van der Waals surface area contributed by atoms with Gasteiger partial charge in [-0.05, 0) is 57.4 Å². The van der Waals surface area contributed by atoms with Crippen molar-refractivity contribution in [2.45, 2.75) is 45.7 Å². The van der Waals surface area contributed by atoms with Crippen LogP contribution in [-0.2, 0) is 11.3 Å². The topological polar surface area (TPSA) is 53.9 Å². The summed E-state index contributed by atoms with van der Waals surface area (Å²) in [6.07, 6.45) is 3.16. The Morgan fingerprint density at radius 1 is 1.16 bits per heavy atom. The van der Waals surface area contributed by atoms with E-state index in [4.69, 9.17) is 4.98 Å². The van der Waals surface area contributed by atoms with Crippen LogP contribution in [0, 0.1) is 13.8 Å². The third-order valence-electron chi connectivity index (χ3n) is 5.26. The lowest BCUT2D eigenvalue weighted by Gasteiger charge is -2.35. The lowest BCUT2D eigenvalue weighted by Crippen LogP contribution is -2.41. The van der Waals surface area contributed by atoms with E-state index < -0.39 is 0 Å². The minimum absolute atomic E-state index is 0.0461. The number of nitrogens with one attached hydrogen (secondary N) is 1. The van der Waals surface area contributed by atoms with Crippen LogP contribution in [0.25, 0.3) is 11.0 Å². The number of para-hydroxylation sites is 2. The Balaban J connectivity index is 1.61. The summed E-state index contributed by atoms with van der Waals surface area (Å²) in [5.41, 5.74) is 4.26. The molecule has 3 heterocycles. The molecule has 25 heavy (non-hydrogen) atoms. The highest BCUT2D eigenvalue weighted by Crippen LogP contribution is 2.31.